The highest BCUT2D eigenvalue weighted by Gasteiger charge is 2.45. The van der Waals surface area contributed by atoms with Gasteiger partial charge in [0.15, 0.2) is 10.5 Å². The van der Waals surface area contributed by atoms with E-state index < -0.39 is 35.0 Å². The fraction of sp³-hybridized carbons (Fsp3) is 0.167. The number of esters is 1. The molecule has 0 spiro atoms. The molecule has 0 bridgehead atoms. The molecule has 0 unspecified atom stereocenters. The van der Waals surface area contributed by atoms with Gasteiger partial charge in [0.1, 0.15) is 12.4 Å². The van der Waals surface area contributed by atoms with Crippen molar-refractivity contribution < 1.29 is 27.4 Å². The van der Waals surface area contributed by atoms with Crippen molar-refractivity contribution in [1.82, 2.24) is 4.57 Å². The maximum Gasteiger partial charge on any atom is 0.434 e. The molecule has 0 saturated heterocycles. The Hall–Kier alpha value is -3.38. The lowest BCUT2D eigenvalue weighted by atomic mass is 9.95. The second-order valence-corrected chi connectivity index (χ2v) is 12.0. The molecule has 43 heavy (non-hydrogen) atoms. The van der Waals surface area contributed by atoms with Gasteiger partial charge in [-0.1, -0.05) is 74.7 Å². The number of aromatic nitrogens is 1. The largest absolute Gasteiger partial charge is 0.488 e. The molecule has 0 fully saturated rings. The summed E-state index contributed by atoms with van der Waals surface area (Å²) in [5.41, 5.74) is -1.35. The zero-order valence-corrected chi connectivity index (χ0v) is 26.0. The number of rotatable bonds is 7. The van der Waals surface area contributed by atoms with Gasteiger partial charge in [0, 0.05) is 20.1 Å². The number of hydrogen-bond donors (Lipinski definition) is 0. The average molecular weight is 712 g/mol. The first kappa shape index (κ1) is 31.1. The lowest BCUT2D eigenvalue weighted by molar-refractivity contribution is -0.140. The van der Waals surface area contributed by atoms with Crippen LogP contribution in [0.1, 0.15) is 29.7 Å². The highest BCUT2D eigenvalue weighted by atomic mass is 79.9. The highest BCUT2D eigenvalue weighted by Crippen LogP contribution is 2.38. The number of hydrogen-bond acceptors (Lipinski definition) is 6. The molecule has 0 N–H and O–H groups in total. The molecule has 2 heterocycles. The van der Waals surface area contributed by atoms with E-state index >= 15 is 0 Å². The minimum atomic E-state index is -5.01. The lowest BCUT2D eigenvalue weighted by Crippen LogP contribution is -2.41. The van der Waals surface area contributed by atoms with Crippen LogP contribution in [-0.4, -0.2) is 23.3 Å². The van der Waals surface area contributed by atoms with Crippen LogP contribution >= 0.6 is 50.5 Å². The lowest BCUT2D eigenvalue weighted by Gasteiger charge is -2.26. The first-order chi connectivity index (χ1) is 20.5. The number of allylic oxidation sites excluding steroid dienone is 1. The quantitative estimate of drug-likeness (QED) is 0.194. The molecule has 1 aliphatic rings. The Labute approximate surface area is 265 Å². The minimum absolute atomic E-state index is 0.0557. The molecule has 0 saturated carbocycles. The molecule has 6 nitrogen and oxygen atoms in total. The summed E-state index contributed by atoms with van der Waals surface area (Å²) in [5.74, 6) is -0.832. The second kappa shape index (κ2) is 12.7. The number of carbonyl (C=O) groups is 1. The fourth-order valence-corrected chi connectivity index (χ4v) is 6.01. The summed E-state index contributed by atoms with van der Waals surface area (Å²) in [4.78, 5) is 30.4. The van der Waals surface area contributed by atoms with Gasteiger partial charge in [-0.25, -0.2) is 9.79 Å². The first-order valence-corrected chi connectivity index (χ1v) is 15.1. The summed E-state index contributed by atoms with van der Waals surface area (Å²) >= 11 is 16.4. The molecule has 1 aromatic heterocycles. The zero-order valence-electron chi connectivity index (χ0n) is 22.1. The molecular formula is C30H20BrCl2F3N2O4S. The second-order valence-electron chi connectivity index (χ2n) is 9.21. The van der Waals surface area contributed by atoms with E-state index in [4.69, 9.17) is 32.7 Å². The third-order valence-electron chi connectivity index (χ3n) is 6.35. The van der Waals surface area contributed by atoms with E-state index in [2.05, 4.69) is 20.9 Å². The van der Waals surface area contributed by atoms with Crippen LogP contribution in [0.5, 0.6) is 5.75 Å². The fourth-order valence-electron chi connectivity index (χ4n) is 4.45. The first-order valence-electron chi connectivity index (χ1n) is 12.7. The molecule has 3 aromatic carbocycles. The smallest absolute Gasteiger partial charge is 0.434 e. The molecule has 222 valence electrons. The van der Waals surface area contributed by atoms with E-state index in [1.165, 1.54) is 37.3 Å². The summed E-state index contributed by atoms with van der Waals surface area (Å²) in [6.45, 7) is 1.51. The monoisotopic (exact) mass is 710 g/mol. The SMILES string of the molecule is CCOC(=O)C1=C(C(F)(F)F)N=c2s/c(=C\c3cc(Cl)ccc3OCc3ccc(Br)cc3)c(=O)n2[C@H]1c1ccc(Cl)cc1. The van der Waals surface area contributed by atoms with Gasteiger partial charge in [0.2, 0.25) is 0 Å². The number of thiazole rings is 1. The van der Waals surface area contributed by atoms with Gasteiger partial charge in [-0.15, -0.1) is 0 Å². The van der Waals surface area contributed by atoms with Crippen molar-refractivity contribution in [2.24, 2.45) is 4.99 Å². The van der Waals surface area contributed by atoms with E-state index in [0.29, 0.717) is 21.4 Å². The highest BCUT2D eigenvalue weighted by molar-refractivity contribution is 9.10. The van der Waals surface area contributed by atoms with Crippen LogP contribution in [0.25, 0.3) is 6.08 Å². The van der Waals surface area contributed by atoms with Gasteiger partial charge in [-0.3, -0.25) is 9.36 Å². The Bertz CT molecular complexity index is 1900. The molecule has 0 amide bonds. The normalized spacial score (nSPS) is 15.2. The maximum atomic E-state index is 14.3. The van der Waals surface area contributed by atoms with Gasteiger partial charge in [-0.2, -0.15) is 13.2 Å². The molecular weight excluding hydrogens is 692 g/mol. The summed E-state index contributed by atoms with van der Waals surface area (Å²) < 4.78 is 56.0. The van der Waals surface area contributed by atoms with Gasteiger partial charge in [0.05, 0.1) is 22.8 Å². The number of carbonyl (C=O) groups excluding carboxylic acids is 1. The minimum Gasteiger partial charge on any atom is -0.488 e. The van der Waals surface area contributed by atoms with Crippen LogP contribution in [-0.2, 0) is 16.1 Å². The van der Waals surface area contributed by atoms with Gasteiger partial charge < -0.3 is 9.47 Å². The number of nitrogens with zero attached hydrogens (tertiary/aromatic N) is 2. The van der Waals surface area contributed by atoms with Crippen LogP contribution in [0.2, 0.25) is 10.0 Å². The van der Waals surface area contributed by atoms with E-state index in [0.717, 1.165) is 25.9 Å². The maximum absolute atomic E-state index is 14.3. The Balaban J connectivity index is 1.68. The van der Waals surface area contributed by atoms with E-state index in [9.17, 15) is 22.8 Å². The molecule has 0 aliphatic carbocycles. The predicted octanol–water partition coefficient (Wildman–Crippen LogP) is 6.99. The van der Waals surface area contributed by atoms with Crippen molar-refractivity contribution in [3.8, 4) is 5.75 Å². The molecule has 4 aromatic rings. The van der Waals surface area contributed by atoms with Gasteiger partial charge in [-0.05, 0) is 66.6 Å². The Kier molecular flexibility index (Phi) is 9.17. The van der Waals surface area contributed by atoms with Crippen molar-refractivity contribution in [2.75, 3.05) is 6.61 Å². The number of benzene rings is 3. The van der Waals surface area contributed by atoms with E-state index in [1.807, 2.05) is 24.3 Å². The van der Waals surface area contributed by atoms with Gasteiger partial charge >= 0.3 is 12.1 Å². The predicted molar refractivity (Wildman–Crippen MR) is 162 cm³/mol. The number of alkyl halides is 3. The van der Waals surface area contributed by atoms with Gasteiger partial charge in [0.25, 0.3) is 5.56 Å². The van der Waals surface area contributed by atoms with E-state index in [-0.39, 0.29) is 28.1 Å². The Morgan fingerprint density at radius 2 is 1.74 bits per heavy atom. The number of halogens is 6. The summed E-state index contributed by atoms with van der Waals surface area (Å²) in [6.07, 6.45) is -3.53. The van der Waals surface area contributed by atoms with Crippen molar-refractivity contribution in [2.45, 2.75) is 25.7 Å². The number of ether oxygens (including phenoxy) is 2. The summed E-state index contributed by atoms with van der Waals surface area (Å²) in [7, 11) is 0. The van der Waals surface area contributed by atoms with Crippen molar-refractivity contribution in [3.63, 3.8) is 0 Å². The molecule has 1 atom stereocenters. The standard InChI is InChI=1S/C30H20BrCl2F3N2O4S/c1-2-41-28(40)24-25(17-5-9-20(32)10-6-17)38-27(39)23(43-29(38)37-26(24)30(34,35)36)14-18-13-21(33)11-12-22(18)42-15-16-3-7-19(31)8-4-16/h3-14,25H,2,15H2,1H3/b23-14-/t25-/m0/s1. The molecule has 13 heteroatoms. The van der Waals surface area contributed by atoms with Crippen molar-refractivity contribution in [1.29, 1.82) is 0 Å². The molecule has 1 aliphatic heterocycles. The zero-order chi connectivity index (χ0) is 30.9. The molecule has 0 radical (unpaired) electrons. The van der Waals surface area contributed by atoms with Crippen LogP contribution in [0.4, 0.5) is 13.2 Å². The summed E-state index contributed by atoms with van der Waals surface area (Å²) in [5, 5.41) is 0.684. The average Bonchev–Trinajstić information content (AvgIpc) is 3.27. The topological polar surface area (TPSA) is 69.9 Å². The van der Waals surface area contributed by atoms with E-state index in [1.54, 1.807) is 18.2 Å². The van der Waals surface area contributed by atoms with Crippen LogP contribution in [0.15, 0.2) is 92.3 Å². The van der Waals surface area contributed by atoms with Crippen LogP contribution in [0.3, 0.4) is 0 Å². The van der Waals surface area contributed by atoms with Crippen LogP contribution < -0.4 is 19.6 Å². The van der Waals surface area contributed by atoms with Crippen molar-refractivity contribution in [3.05, 3.63) is 129 Å². The summed E-state index contributed by atoms with van der Waals surface area (Å²) in [6, 6.07) is 16.7. The third kappa shape index (κ3) is 6.75. The Morgan fingerprint density at radius 3 is 2.40 bits per heavy atom. The third-order valence-corrected chi connectivity index (χ3v) is 8.35. The van der Waals surface area contributed by atoms with Crippen molar-refractivity contribution >= 4 is 62.5 Å². The van der Waals surface area contributed by atoms with Crippen LogP contribution in [0, 0.1) is 0 Å². The Morgan fingerprint density at radius 1 is 1.07 bits per heavy atom. The number of fused-ring (bicyclic) bond motifs is 1. The molecule has 5 rings (SSSR count).